The third-order valence-corrected chi connectivity index (χ3v) is 11.3. The van der Waals surface area contributed by atoms with Gasteiger partial charge < -0.3 is 18.8 Å². The quantitative estimate of drug-likeness (QED) is 0.481. The molecule has 1 N–H and O–H groups in total. The van der Waals surface area contributed by atoms with Crippen molar-refractivity contribution in [2.24, 2.45) is 5.92 Å². The summed E-state index contributed by atoms with van der Waals surface area (Å²) < 4.78 is 13.3. The number of hydrogen-bond donors (Lipinski definition) is 1. The Labute approximate surface area is 184 Å². The van der Waals surface area contributed by atoms with Crippen LogP contribution in [0.2, 0.25) is 18.1 Å². The molecule has 0 saturated heterocycles. The Balaban J connectivity index is 1.78. The number of carboxylic acids is 1. The van der Waals surface area contributed by atoms with Crippen LogP contribution in [0.3, 0.4) is 0 Å². The molecule has 1 aliphatic rings. The summed E-state index contributed by atoms with van der Waals surface area (Å²) in [6.45, 7) is 10.9. The topological polar surface area (TPSA) is 90.7 Å². The molecule has 170 valence electrons. The van der Waals surface area contributed by atoms with Crippen LogP contribution in [0.15, 0.2) is 18.2 Å². The number of aliphatic carboxylic acids is 1. The van der Waals surface area contributed by atoms with Gasteiger partial charge in [0.25, 0.3) is 0 Å². The number of ether oxygens (including phenoxy) is 1. The van der Waals surface area contributed by atoms with Crippen LogP contribution in [-0.2, 0) is 15.8 Å². The van der Waals surface area contributed by atoms with Gasteiger partial charge in [0.15, 0.2) is 14.1 Å². The Morgan fingerprint density at radius 1 is 1.19 bits per heavy atom. The first-order valence-electron chi connectivity index (χ1n) is 10.9. The molecular weight excluding hydrogens is 412 g/mol. The van der Waals surface area contributed by atoms with E-state index in [-0.39, 0.29) is 35.2 Å². The van der Waals surface area contributed by atoms with Crippen molar-refractivity contribution in [3.05, 3.63) is 24.0 Å². The Morgan fingerprint density at radius 3 is 2.39 bits per heavy atom. The van der Waals surface area contributed by atoms with Crippen LogP contribution < -0.4 is 4.74 Å². The highest BCUT2D eigenvalue weighted by Gasteiger charge is 2.40. The number of ketones is 1. The molecule has 0 unspecified atom stereocenters. The van der Waals surface area contributed by atoms with E-state index in [9.17, 15) is 14.7 Å². The SMILES string of the molecule is COc1ccc2nc(C(=O)C3CCC(O[Si](C)(C)C(C)(C)C)CC3)n(CC(=O)O)c2c1. The Kier molecular flexibility index (Phi) is 6.62. The Hall–Kier alpha value is -2.19. The number of Topliss-reactive ketones (excluding diaryl/α,β-unsaturated/α-hetero) is 1. The Bertz CT molecular complexity index is 968. The van der Waals surface area contributed by atoms with E-state index >= 15 is 0 Å². The van der Waals surface area contributed by atoms with Crippen LogP contribution in [0.5, 0.6) is 5.75 Å². The van der Waals surface area contributed by atoms with E-state index < -0.39 is 14.3 Å². The van der Waals surface area contributed by atoms with Crippen LogP contribution in [-0.4, -0.2) is 47.9 Å². The normalized spacial score (nSPS) is 20.1. The van der Waals surface area contributed by atoms with Gasteiger partial charge in [0, 0.05) is 18.1 Å². The number of rotatable bonds is 7. The number of carbonyl (C=O) groups is 2. The maximum atomic E-state index is 13.3. The standard InChI is InChI=1S/C23H34N2O5Si/c1-23(2,3)31(5,6)30-16-9-7-15(8-10-16)21(28)22-24-18-12-11-17(29-4)13-19(18)25(22)14-20(26)27/h11-13,15-16H,7-10,14H2,1-6H3,(H,26,27). The predicted octanol–water partition coefficient (Wildman–Crippen LogP) is 4.89. The molecule has 0 spiro atoms. The van der Waals surface area contributed by atoms with Gasteiger partial charge >= 0.3 is 5.97 Å². The highest BCUT2D eigenvalue weighted by molar-refractivity contribution is 6.74. The van der Waals surface area contributed by atoms with Crippen molar-refractivity contribution in [1.82, 2.24) is 9.55 Å². The van der Waals surface area contributed by atoms with Gasteiger partial charge in [-0.2, -0.15) is 0 Å². The van der Waals surface area contributed by atoms with Crippen LogP contribution in [0.4, 0.5) is 0 Å². The lowest BCUT2D eigenvalue weighted by atomic mass is 9.84. The van der Waals surface area contributed by atoms with Crippen LogP contribution in [0, 0.1) is 5.92 Å². The molecule has 1 heterocycles. The molecule has 0 atom stereocenters. The fourth-order valence-electron chi connectivity index (χ4n) is 3.93. The first-order chi connectivity index (χ1) is 14.4. The second-order valence-electron chi connectivity index (χ2n) is 9.99. The lowest BCUT2D eigenvalue weighted by Crippen LogP contribution is -2.45. The van der Waals surface area contributed by atoms with Gasteiger partial charge in [-0.25, -0.2) is 4.98 Å². The zero-order valence-corrected chi connectivity index (χ0v) is 20.4. The van der Waals surface area contributed by atoms with E-state index in [1.54, 1.807) is 25.3 Å². The van der Waals surface area contributed by atoms with Crippen molar-refractivity contribution in [3.8, 4) is 5.75 Å². The van der Waals surface area contributed by atoms with Crippen molar-refractivity contribution >= 4 is 31.1 Å². The van der Waals surface area contributed by atoms with Gasteiger partial charge in [0.1, 0.15) is 12.3 Å². The number of benzene rings is 1. The van der Waals surface area contributed by atoms with E-state index in [4.69, 9.17) is 9.16 Å². The Morgan fingerprint density at radius 2 is 1.84 bits per heavy atom. The number of carboxylic acid groups (broad SMARTS) is 1. The number of imidazole rings is 1. The number of nitrogens with zero attached hydrogens (tertiary/aromatic N) is 2. The summed E-state index contributed by atoms with van der Waals surface area (Å²) in [5, 5.41) is 9.55. The average Bonchev–Trinajstić information content (AvgIpc) is 3.04. The molecule has 2 aromatic rings. The van der Waals surface area contributed by atoms with E-state index in [1.807, 2.05) is 0 Å². The van der Waals surface area contributed by atoms with Crippen molar-refractivity contribution in [1.29, 1.82) is 0 Å². The molecule has 0 bridgehead atoms. The number of methoxy groups -OCH3 is 1. The second kappa shape index (κ2) is 8.74. The maximum Gasteiger partial charge on any atom is 0.323 e. The fraction of sp³-hybridized carbons (Fsp3) is 0.609. The van der Waals surface area contributed by atoms with Crippen molar-refractivity contribution in [2.75, 3.05) is 7.11 Å². The number of aromatic nitrogens is 2. The minimum atomic E-state index is -1.84. The molecular formula is C23H34N2O5Si. The monoisotopic (exact) mass is 446 g/mol. The molecule has 8 heteroatoms. The number of carbonyl (C=O) groups excluding carboxylic acids is 1. The molecule has 0 amide bonds. The van der Waals surface area contributed by atoms with Crippen LogP contribution >= 0.6 is 0 Å². The van der Waals surface area contributed by atoms with E-state index in [2.05, 4.69) is 38.8 Å². The largest absolute Gasteiger partial charge is 0.497 e. The molecule has 0 aliphatic heterocycles. The maximum absolute atomic E-state index is 13.3. The summed E-state index contributed by atoms with van der Waals surface area (Å²) in [5.74, 6) is -0.434. The predicted molar refractivity (Wildman–Crippen MR) is 122 cm³/mol. The molecule has 3 rings (SSSR count). The molecule has 1 fully saturated rings. The van der Waals surface area contributed by atoms with E-state index in [1.165, 1.54) is 4.57 Å². The summed E-state index contributed by atoms with van der Waals surface area (Å²) in [7, 11) is -0.292. The van der Waals surface area contributed by atoms with Gasteiger partial charge in [-0.3, -0.25) is 9.59 Å². The number of fused-ring (bicyclic) bond motifs is 1. The van der Waals surface area contributed by atoms with Gasteiger partial charge in [-0.15, -0.1) is 0 Å². The lowest BCUT2D eigenvalue weighted by Gasteiger charge is -2.41. The minimum absolute atomic E-state index is 0.0813. The lowest BCUT2D eigenvalue weighted by molar-refractivity contribution is -0.137. The smallest absolute Gasteiger partial charge is 0.323 e. The molecule has 1 saturated carbocycles. The molecule has 1 aromatic heterocycles. The zero-order chi connectivity index (χ0) is 23.0. The van der Waals surface area contributed by atoms with Crippen molar-refractivity contribution in [2.45, 2.75) is 77.2 Å². The van der Waals surface area contributed by atoms with Gasteiger partial charge in [-0.1, -0.05) is 20.8 Å². The summed E-state index contributed by atoms with van der Waals surface area (Å²) >= 11 is 0. The van der Waals surface area contributed by atoms with E-state index in [0.717, 1.165) is 25.7 Å². The van der Waals surface area contributed by atoms with E-state index in [0.29, 0.717) is 16.8 Å². The van der Waals surface area contributed by atoms with Crippen LogP contribution in [0.25, 0.3) is 11.0 Å². The van der Waals surface area contributed by atoms with Crippen LogP contribution in [0.1, 0.15) is 57.1 Å². The molecule has 1 aromatic carbocycles. The van der Waals surface area contributed by atoms with Gasteiger partial charge in [0.2, 0.25) is 5.78 Å². The molecule has 0 radical (unpaired) electrons. The third-order valence-electron chi connectivity index (χ3n) is 6.78. The highest BCUT2D eigenvalue weighted by atomic mass is 28.4. The molecule has 7 nitrogen and oxygen atoms in total. The zero-order valence-electron chi connectivity index (χ0n) is 19.4. The first-order valence-corrected chi connectivity index (χ1v) is 13.8. The molecule has 31 heavy (non-hydrogen) atoms. The first kappa shape index (κ1) is 23.5. The van der Waals surface area contributed by atoms with Gasteiger partial charge in [-0.05, 0) is 55.9 Å². The summed E-state index contributed by atoms with van der Waals surface area (Å²) in [6.07, 6.45) is 3.34. The third kappa shape index (κ3) is 5.01. The number of hydrogen-bond acceptors (Lipinski definition) is 5. The fourth-order valence-corrected chi connectivity index (χ4v) is 5.35. The van der Waals surface area contributed by atoms with Crippen molar-refractivity contribution in [3.63, 3.8) is 0 Å². The summed E-state index contributed by atoms with van der Waals surface area (Å²) in [6, 6.07) is 5.25. The highest BCUT2D eigenvalue weighted by Crippen LogP contribution is 2.40. The summed E-state index contributed by atoms with van der Waals surface area (Å²) in [5.41, 5.74) is 1.19. The molecule has 1 aliphatic carbocycles. The van der Waals surface area contributed by atoms with Crippen molar-refractivity contribution < 1.29 is 23.9 Å². The average molecular weight is 447 g/mol. The van der Waals surface area contributed by atoms with Gasteiger partial charge in [0.05, 0.1) is 18.1 Å². The second-order valence-corrected chi connectivity index (χ2v) is 14.7. The summed E-state index contributed by atoms with van der Waals surface area (Å²) in [4.78, 5) is 29.3. The minimum Gasteiger partial charge on any atom is -0.497 e.